The molecule has 1 aliphatic rings. The first-order valence-corrected chi connectivity index (χ1v) is 6.70. The van der Waals surface area contributed by atoms with Crippen LogP contribution in [0.15, 0.2) is 18.2 Å². The van der Waals surface area contributed by atoms with Crippen molar-refractivity contribution < 1.29 is 10.0 Å². The molecule has 1 N–H and O–H groups in total. The standard InChI is InChI=1S/C14H20N2O3/c1-10-5-7-15(8-6-10)13-4-3-12(11(2)17)9-14(13)16(18)19/h3-4,9-11,17H,5-8H2,1-2H3/t11-/m0/s1. The second-order valence-corrected chi connectivity index (χ2v) is 5.35. The molecule has 0 aliphatic carbocycles. The van der Waals surface area contributed by atoms with Gasteiger partial charge in [0.25, 0.3) is 5.69 Å². The number of aliphatic hydroxyl groups excluding tert-OH is 1. The lowest BCUT2D eigenvalue weighted by atomic mass is 9.98. The molecular formula is C14H20N2O3. The molecule has 1 aromatic carbocycles. The number of nitro groups is 1. The van der Waals surface area contributed by atoms with Gasteiger partial charge in [-0.15, -0.1) is 0 Å². The maximum Gasteiger partial charge on any atom is 0.292 e. The molecular weight excluding hydrogens is 244 g/mol. The predicted octanol–water partition coefficient (Wildman–Crippen LogP) is 2.88. The van der Waals surface area contributed by atoms with Gasteiger partial charge >= 0.3 is 0 Å². The highest BCUT2D eigenvalue weighted by molar-refractivity contribution is 5.64. The molecule has 0 unspecified atom stereocenters. The Morgan fingerprint density at radius 3 is 2.58 bits per heavy atom. The van der Waals surface area contributed by atoms with Crippen LogP contribution >= 0.6 is 0 Å². The van der Waals surface area contributed by atoms with Crippen molar-refractivity contribution in [2.45, 2.75) is 32.8 Å². The highest BCUT2D eigenvalue weighted by Gasteiger charge is 2.24. The van der Waals surface area contributed by atoms with Gasteiger partial charge in [-0.25, -0.2) is 0 Å². The molecule has 2 rings (SSSR count). The third kappa shape index (κ3) is 3.04. The molecule has 0 bridgehead atoms. The van der Waals surface area contributed by atoms with Crippen LogP contribution in [0.4, 0.5) is 11.4 Å². The number of anilines is 1. The minimum atomic E-state index is -0.686. The fraction of sp³-hybridized carbons (Fsp3) is 0.571. The van der Waals surface area contributed by atoms with E-state index in [0.29, 0.717) is 17.2 Å². The Balaban J connectivity index is 2.31. The summed E-state index contributed by atoms with van der Waals surface area (Å²) in [5, 5.41) is 20.7. The van der Waals surface area contributed by atoms with E-state index in [9.17, 15) is 15.2 Å². The van der Waals surface area contributed by atoms with Gasteiger partial charge in [-0.1, -0.05) is 13.0 Å². The Hall–Kier alpha value is -1.62. The number of rotatable bonds is 3. The molecule has 0 saturated carbocycles. The van der Waals surface area contributed by atoms with Crippen molar-refractivity contribution in [1.82, 2.24) is 0 Å². The second-order valence-electron chi connectivity index (χ2n) is 5.35. The highest BCUT2D eigenvalue weighted by Crippen LogP contribution is 2.33. The Labute approximate surface area is 113 Å². The summed E-state index contributed by atoms with van der Waals surface area (Å²) in [6.45, 7) is 5.54. The minimum absolute atomic E-state index is 0.0907. The minimum Gasteiger partial charge on any atom is -0.389 e. The molecule has 0 spiro atoms. The average Bonchev–Trinajstić information content (AvgIpc) is 2.38. The molecule has 5 nitrogen and oxygen atoms in total. The second kappa shape index (κ2) is 5.57. The van der Waals surface area contributed by atoms with Crippen molar-refractivity contribution in [3.05, 3.63) is 33.9 Å². The van der Waals surface area contributed by atoms with Gasteiger partial charge in [-0.3, -0.25) is 10.1 Å². The van der Waals surface area contributed by atoms with Crippen molar-refractivity contribution in [3.8, 4) is 0 Å². The molecule has 1 aromatic rings. The summed E-state index contributed by atoms with van der Waals surface area (Å²) in [7, 11) is 0. The summed E-state index contributed by atoms with van der Waals surface area (Å²) >= 11 is 0. The van der Waals surface area contributed by atoms with Gasteiger partial charge in [0.1, 0.15) is 5.69 Å². The van der Waals surface area contributed by atoms with Crippen LogP contribution in [-0.4, -0.2) is 23.1 Å². The van der Waals surface area contributed by atoms with Crippen molar-refractivity contribution in [1.29, 1.82) is 0 Å². The molecule has 0 amide bonds. The molecule has 1 atom stereocenters. The molecule has 1 heterocycles. The molecule has 1 saturated heterocycles. The van der Waals surface area contributed by atoms with Crippen LogP contribution in [0.2, 0.25) is 0 Å². The smallest absolute Gasteiger partial charge is 0.292 e. The number of aliphatic hydroxyl groups is 1. The lowest BCUT2D eigenvalue weighted by molar-refractivity contribution is -0.384. The molecule has 1 aliphatic heterocycles. The highest BCUT2D eigenvalue weighted by atomic mass is 16.6. The average molecular weight is 264 g/mol. The third-order valence-electron chi connectivity index (χ3n) is 3.80. The van der Waals surface area contributed by atoms with E-state index in [2.05, 4.69) is 11.8 Å². The van der Waals surface area contributed by atoms with Crippen LogP contribution < -0.4 is 4.90 Å². The number of piperidine rings is 1. The van der Waals surface area contributed by atoms with E-state index in [1.165, 1.54) is 6.07 Å². The molecule has 1 fully saturated rings. The van der Waals surface area contributed by atoms with Crippen LogP contribution in [0, 0.1) is 16.0 Å². The fourth-order valence-electron chi connectivity index (χ4n) is 2.46. The first kappa shape index (κ1) is 13.8. The van der Waals surface area contributed by atoms with E-state index in [-0.39, 0.29) is 10.6 Å². The Bertz CT molecular complexity index is 466. The fourth-order valence-corrected chi connectivity index (χ4v) is 2.46. The third-order valence-corrected chi connectivity index (χ3v) is 3.80. The van der Waals surface area contributed by atoms with Crippen LogP contribution in [-0.2, 0) is 0 Å². The van der Waals surface area contributed by atoms with Gasteiger partial charge in [0.15, 0.2) is 0 Å². The van der Waals surface area contributed by atoms with Crippen molar-refractivity contribution >= 4 is 11.4 Å². The molecule has 19 heavy (non-hydrogen) atoms. The first-order valence-electron chi connectivity index (χ1n) is 6.70. The van der Waals surface area contributed by atoms with E-state index in [0.717, 1.165) is 25.9 Å². The number of nitrogens with zero attached hydrogens (tertiary/aromatic N) is 2. The van der Waals surface area contributed by atoms with Gasteiger partial charge in [0, 0.05) is 19.2 Å². The lowest BCUT2D eigenvalue weighted by Gasteiger charge is -2.31. The topological polar surface area (TPSA) is 66.6 Å². The summed E-state index contributed by atoms with van der Waals surface area (Å²) < 4.78 is 0. The zero-order chi connectivity index (χ0) is 14.0. The van der Waals surface area contributed by atoms with Crippen molar-refractivity contribution in [2.24, 2.45) is 5.92 Å². The zero-order valence-electron chi connectivity index (χ0n) is 11.4. The Kier molecular flexibility index (Phi) is 4.04. The number of hydrogen-bond acceptors (Lipinski definition) is 4. The van der Waals surface area contributed by atoms with Gasteiger partial charge in [0.05, 0.1) is 11.0 Å². The predicted molar refractivity (Wildman–Crippen MR) is 74.3 cm³/mol. The van der Waals surface area contributed by atoms with E-state index in [4.69, 9.17) is 0 Å². The van der Waals surface area contributed by atoms with Gasteiger partial charge < -0.3 is 10.0 Å². The SMILES string of the molecule is CC1CCN(c2ccc([C@H](C)O)cc2[N+](=O)[O-])CC1. The van der Waals surface area contributed by atoms with Crippen LogP contribution in [0.25, 0.3) is 0 Å². The van der Waals surface area contributed by atoms with Crippen molar-refractivity contribution in [3.63, 3.8) is 0 Å². The van der Waals surface area contributed by atoms with E-state index < -0.39 is 6.10 Å². The van der Waals surface area contributed by atoms with Gasteiger partial charge in [-0.2, -0.15) is 0 Å². The first-order chi connectivity index (χ1) is 8.99. The van der Waals surface area contributed by atoms with Crippen molar-refractivity contribution in [2.75, 3.05) is 18.0 Å². The maximum atomic E-state index is 11.2. The number of benzene rings is 1. The van der Waals surface area contributed by atoms with Gasteiger partial charge in [-0.05, 0) is 37.3 Å². The molecule has 104 valence electrons. The zero-order valence-corrected chi connectivity index (χ0v) is 11.4. The largest absolute Gasteiger partial charge is 0.389 e. The van der Waals surface area contributed by atoms with E-state index in [1.54, 1.807) is 19.1 Å². The summed E-state index contributed by atoms with van der Waals surface area (Å²) in [5.41, 5.74) is 1.34. The van der Waals surface area contributed by atoms with Crippen LogP contribution in [0.5, 0.6) is 0 Å². The van der Waals surface area contributed by atoms with E-state index >= 15 is 0 Å². The molecule has 0 radical (unpaired) electrons. The summed E-state index contributed by atoms with van der Waals surface area (Å²) in [4.78, 5) is 12.9. The van der Waals surface area contributed by atoms with Gasteiger partial charge in [0.2, 0.25) is 0 Å². The molecule has 5 heteroatoms. The number of nitro benzene ring substituents is 1. The Morgan fingerprint density at radius 1 is 1.42 bits per heavy atom. The summed E-state index contributed by atoms with van der Waals surface area (Å²) in [6, 6.07) is 5.01. The summed E-state index contributed by atoms with van der Waals surface area (Å²) in [6.07, 6.45) is 1.44. The van der Waals surface area contributed by atoms with Crippen LogP contribution in [0.1, 0.15) is 38.4 Å². The maximum absolute atomic E-state index is 11.2. The molecule has 0 aromatic heterocycles. The number of hydrogen-bond donors (Lipinski definition) is 1. The monoisotopic (exact) mass is 264 g/mol. The van der Waals surface area contributed by atoms with Crippen LogP contribution in [0.3, 0.4) is 0 Å². The quantitative estimate of drug-likeness (QED) is 0.673. The summed E-state index contributed by atoms with van der Waals surface area (Å²) in [5.74, 6) is 0.687. The normalized spacial score (nSPS) is 18.4. The Morgan fingerprint density at radius 2 is 2.05 bits per heavy atom. The van der Waals surface area contributed by atoms with E-state index in [1.807, 2.05) is 0 Å². The lowest BCUT2D eigenvalue weighted by Crippen LogP contribution is -2.33.